The molecule has 0 aliphatic carbocycles. The van der Waals surface area contributed by atoms with Crippen molar-refractivity contribution < 1.29 is 19.1 Å². The molecule has 5 aliphatic heterocycles. The molecule has 0 radical (unpaired) electrons. The van der Waals surface area contributed by atoms with Gasteiger partial charge in [0, 0.05) is 62.6 Å². The van der Waals surface area contributed by atoms with Crippen LogP contribution in [0.3, 0.4) is 0 Å². The van der Waals surface area contributed by atoms with Gasteiger partial charge in [0.25, 0.3) is 5.91 Å². The van der Waals surface area contributed by atoms with Crippen LogP contribution in [0, 0.1) is 17.3 Å². The minimum absolute atomic E-state index is 0.0154. The van der Waals surface area contributed by atoms with E-state index in [0.29, 0.717) is 50.9 Å². The van der Waals surface area contributed by atoms with Gasteiger partial charge < -0.3 is 14.5 Å². The molecule has 1 aromatic carbocycles. The molecule has 1 aromatic rings. The van der Waals surface area contributed by atoms with Crippen LogP contribution >= 0.6 is 0 Å². The average molecular weight is 565 g/mol. The number of carbonyl (C=O) groups excluding carboxylic acids is 3. The summed E-state index contributed by atoms with van der Waals surface area (Å²) in [4.78, 5) is 49.3. The molecule has 41 heavy (non-hydrogen) atoms. The Labute approximate surface area is 245 Å². The molecule has 8 heteroatoms. The number of nitrogens with zero attached hydrogens (tertiary/aromatic N) is 4. The lowest BCUT2D eigenvalue weighted by Gasteiger charge is -2.48. The van der Waals surface area contributed by atoms with E-state index in [2.05, 4.69) is 60.9 Å². The summed E-state index contributed by atoms with van der Waals surface area (Å²) in [6.07, 6.45) is 4.10. The van der Waals surface area contributed by atoms with Crippen LogP contribution in [0.25, 0.3) is 0 Å². The van der Waals surface area contributed by atoms with Crippen LogP contribution in [-0.2, 0) is 14.3 Å². The number of urea groups is 1. The second-order valence-corrected chi connectivity index (χ2v) is 14.9. The quantitative estimate of drug-likeness (QED) is 0.461. The number of benzene rings is 1. The number of rotatable bonds is 7. The molecule has 4 amide bonds. The first-order chi connectivity index (χ1) is 19.5. The molecule has 2 unspecified atom stereocenters. The Morgan fingerprint density at radius 3 is 2.22 bits per heavy atom. The van der Waals surface area contributed by atoms with E-state index in [9.17, 15) is 14.4 Å². The van der Waals surface area contributed by atoms with E-state index < -0.39 is 5.54 Å². The van der Waals surface area contributed by atoms with E-state index in [0.717, 1.165) is 32.5 Å². The highest BCUT2D eigenvalue weighted by molar-refractivity contribution is 6.07. The zero-order chi connectivity index (χ0) is 29.1. The van der Waals surface area contributed by atoms with Crippen LogP contribution in [-0.4, -0.2) is 101 Å². The van der Waals surface area contributed by atoms with E-state index in [1.807, 2.05) is 18.7 Å². The fraction of sp³-hybridized carbons (Fsp3) is 0.727. The SMILES string of the molecule is CC(C)N1C(=O)N(CC2COC2)C(=O)C12CC1CCC(C2)N1C[C@H]1CN(C(=O)CC(C)(C)C)C[C@@H]1c1ccccc1. The number of likely N-dealkylation sites (tertiary alicyclic amines) is 1. The predicted molar refractivity (Wildman–Crippen MR) is 157 cm³/mol. The fourth-order valence-corrected chi connectivity index (χ4v) is 8.44. The first-order valence-electron chi connectivity index (χ1n) is 15.8. The standard InChI is InChI=1S/C33H48N4O4/c1-22(2)37-31(40)36(16-23-20-41-21-23)30(39)33(37)13-26-11-12-27(14-33)35(26)18-25-17-34(29(38)15-32(3,4)5)19-28(25)24-9-7-6-8-10-24/h6-10,22-23,25-28H,11-21H2,1-5H3/t25-,26?,27?,28-,33?/m1/s1. The predicted octanol–water partition coefficient (Wildman–Crippen LogP) is 4.35. The molecule has 0 aromatic heterocycles. The second-order valence-electron chi connectivity index (χ2n) is 14.9. The number of hydrogen-bond donors (Lipinski definition) is 0. The third-order valence-corrected chi connectivity index (χ3v) is 10.3. The molecular formula is C33H48N4O4. The normalized spacial score (nSPS) is 32.6. The number of fused-ring (bicyclic) bond motifs is 2. The fourth-order valence-electron chi connectivity index (χ4n) is 8.44. The third-order valence-electron chi connectivity index (χ3n) is 10.3. The molecule has 6 rings (SSSR count). The molecular weight excluding hydrogens is 516 g/mol. The van der Waals surface area contributed by atoms with Gasteiger partial charge in [-0.05, 0) is 56.4 Å². The van der Waals surface area contributed by atoms with Gasteiger partial charge >= 0.3 is 6.03 Å². The van der Waals surface area contributed by atoms with Crippen LogP contribution in [0.1, 0.15) is 78.2 Å². The second kappa shape index (κ2) is 10.7. The average Bonchev–Trinajstić information content (AvgIpc) is 3.46. The lowest BCUT2D eigenvalue weighted by molar-refractivity contribution is -0.140. The minimum atomic E-state index is -0.735. The van der Waals surface area contributed by atoms with Crippen LogP contribution in [0.5, 0.6) is 0 Å². The van der Waals surface area contributed by atoms with E-state index >= 15 is 0 Å². The zero-order valence-corrected chi connectivity index (χ0v) is 25.6. The molecule has 0 N–H and O–H groups in total. The summed E-state index contributed by atoms with van der Waals surface area (Å²) in [7, 11) is 0. The van der Waals surface area contributed by atoms with Crippen molar-refractivity contribution in [2.24, 2.45) is 17.3 Å². The van der Waals surface area contributed by atoms with Crippen molar-refractivity contribution in [3.05, 3.63) is 35.9 Å². The van der Waals surface area contributed by atoms with Crippen molar-refractivity contribution in [1.29, 1.82) is 0 Å². The number of imide groups is 1. The molecule has 5 saturated heterocycles. The van der Waals surface area contributed by atoms with E-state index in [1.165, 1.54) is 5.56 Å². The van der Waals surface area contributed by atoms with Crippen LogP contribution in [0.15, 0.2) is 30.3 Å². The van der Waals surface area contributed by atoms with Crippen molar-refractivity contribution >= 4 is 17.8 Å². The van der Waals surface area contributed by atoms with Crippen LogP contribution in [0.4, 0.5) is 4.79 Å². The molecule has 224 valence electrons. The molecule has 5 fully saturated rings. The lowest BCUT2D eigenvalue weighted by atomic mass is 9.79. The highest BCUT2D eigenvalue weighted by Gasteiger charge is 2.63. The molecule has 1 spiro atoms. The van der Waals surface area contributed by atoms with E-state index in [1.54, 1.807) is 4.90 Å². The maximum Gasteiger partial charge on any atom is 0.327 e. The summed E-state index contributed by atoms with van der Waals surface area (Å²) in [6.45, 7) is 14.7. The van der Waals surface area contributed by atoms with Crippen molar-refractivity contribution in [3.8, 4) is 0 Å². The third kappa shape index (κ3) is 5.20. The largest absolute Gasteiger partial charge is 0.381 e. The number of amides is 4. The molecule has 0 saturated carbocycles. The maximum absolute atomic E-state index is 14.1. The Morgan fingerprint density at radius 1 is 1.00 bits per heavy atom. The van der Waals surface area contributed by atoms with Crippen molar-refractivity contribution in [1.82, 2.24) is 19.6 Å². The van der Waals surface area contributed by atoms with Crippen LogP contribution in [0.2, 0.25) is 0 Å². The number of carbonyl (C=O) groups is 3. The first-order valence-corrected chi connectivity index (χ1v) is 15.8. The summed E-state index contributed by atoms with van der Waals surface area (Å²) in [5.41, 5.74) is 0.536. The van der Waals surface area contributed by atoms with Crippen molar-refractivity contribution in [2.75, 3.05) is 39.4 Å². The number of ether oxygens (including phenoxy) is 1. The maximum atomic E-state index is 14.1. The summed E-state index contributed by atoms with van der Waals surface area (Å²) in [5, 5.41) is 0. The zero-order valence-electron chi connectivity index (χ0n) is 25.6. The Bertz CT molecular complexity index is 1150. The number of hydrogen-bond acceptors (Lipinski definition) is 5. The van der Waals surface area contributed by atoms with Gasteiger partial charge in [-0.25, -0.2) is 4.79 Å². The lowest BCUT2D eigenvalue weighted by Crippen LogP contribution is -2.62. The van der Waals surface area contributed by atoms with Crippen LogP contribution < -0.4 is 0 Å². The molecule has 5 heterocycles. The molecule has 4 atom stereocenters. The Balaban J connectivity index is 1.22. The molecule has 5 aliphatic rings. The Morgan fingerprint density at radius 2 is 1.66 bits per heavy atom. The topological polar surface area (TPSA) is 73.4 Å². The Kier molecular flexibility index (Phi) is 7.46. The van der Waals surface area contributed by atoms with Crippen molar-refractivity contribution in [3.63, 3.8) is 0 Å². The van der Waals surface area contributed by atoms with Gasteiger partial charge in [-0.15, -0.1) is 0 Å². The van der Waals surface area contributed by atoms with E-state index in [-0.39, 0.29) is 47.3 Å². The Hall–Kier alpha value is -2.45. The highest BCUT2D eigenvalue weighted by atomic mass is 16.5. The van der Waals surface area contributed by atoms with Crippen molar-refractivity contribution in [2.45, 2.75) is 96.3 Å². The highest BCUT2D eigenvalue weighted by Crippen LogP contribution is 2.49. The van der Waals surface area contributed by atoms with Gasteiger partial charge in [-0.1, -0.05) is 51.1 Å². The smallest absolute Gasteiger partial charge is 0.327 e. The van der Waals surface area contributed by atoms with Gasteiger partial charge in [0.15, 0.2) is 0 Å². The van der Waals surface area contributed by atoms with Gasteiger partial charge in [0.1, 0.15) is 5.54 Å². The summed E-state index contributed by atoms with van der Waals surface area (Å²) < 4.78 is 5.34. The van der Waals surface area contributed by atoms with Gasteiger partial charge in [0.05, 0.1) is 13.2 Å². The number of piperidine rings is 1. The summed E-state index contributed by atoms with van der Waals surface area (Å²) in [6, 6.07) is 11.1. The summed E-state index contributed by atoms with van der Waals surface area (Å²) >= 11 is 0. The minimum Gasteiger partial charge on any atom is -0.381 e. The molecule has 2 bridgehead atoms. The first kappa shape index (κ1) is 28.7. The van der Waals surface area contributed by atoms with Gasteiger partial charge in [0.2, 0.25) is 5.91 Å². The monoisotopic (exact) mass is 564 g/mol. The van der Waals surface area contributed by atoms with Gasteiger partial charge in [-0.3, -0.25) is 19.4 Å². The summed E-state index contributed by atoms with van der Waals surface area (Å²) in [5.74, 6) is 1.17. The van der Waals surface area contributed by atoms with E-state index in [4.69, 9.17) is 4.74 Å². The van der Waals surface area contributed by atoms with Gasteiger partial charge in [-0.2, -0.15) is 0 Å². The molecule has 8 nitrogen and oxygen atoms in total.